The molecule has 1 aromatic carbocycles. The Balaban J connectivity index is 2.49. The molecule has 0 aliphatic carbocycles. The van der Waals surface area contributed by atoms with E-state index in [1.54, 1.807) is 19.2 Å². The molecule has 0 saturated heterocycles. The molecular weight excluding hydrogens is 324 g/mol. The van der Waals surface area contributed by atoms with Gasteiger partial charge in [-0.2, -0.15) is 0 Å². The number of hydrogen-bond donors (Lipinski definition) is 2. The third-order valence-electron chi connectivity index (χ3n) is 3.71. The van der Waals surface area contributed by atoms with E-state index in [2.05, 4.69) is 22.5 Å². The van der Waals surface area contributed by atoms with Gasteiger partial charge in [0.2, 0.25) is 10.0 Å². The van der Waals surface area contributed by atoms with Crippen molar-refractivity contribution in [2.45, 2.75) is 44.0 Å². The fourth-order valence-electron chi connectivity index (χ4n) is 2.16. The summed E-state index contributed by atoms with van der Waals surface area (Å²) in [5.74, 6) is 0.761. The lowest BCUT2D eigenvalue weighted by Gasteiger charge is -2.13. The number of benzene rings is 1. The average molecular weight is 355 g/mol. The van der Waals surface area contributed by atoms with Gasteiger partial charge in [0.1, 0.15) is 0 Å². The van der Waals surface area contributed by atoms with Crippen LogP contribution in [0.1, 0.15) is 38.2 Å². The Kier molecular flexibility index (Phi) is 8.78. The number of nitrogens with one attached hydrogen (secondary N) is 2. The molecule has 2 N–H and O–H groups in total. The van der Waals surface area contributed by atoms with Crippen molar-refractivity contribution in [2.24, 2.45) is 4.99 Å². The lowest BCUT2D eigenvalue weighted by Crippen LogP contribution is -2.37. The molecule has 0 fully saturated rings. The minimum atomic E-state index is -3.37. The fourth-order valence-corrected chi connectivity index (χ4v) is 3.06. The molecule has 6 nitrogen and oxygen atoms in total. The summed E-state index contributed by atoms with van der Waals surface area (Å²) in [4.78, 5) is 4.49. The monoisotopic (exact) mass is 354 g/mol. The average Bonchev–Trinajstić information content (AvgIpc) is 2.57. The van der Waals surface area contributed by atoms with E-state index in [0.717, 1.165) is 24.5 Å². The van der Waals surface area contributed by atoms with Gasteiger partial charge >= 0.3 is 0 Å². The van der Waals surface area contributed by atoms with Gasteiger partial charge in [-0.15, -0.1) is 0 Å². The molecule has 24 heavy (non-hydrogen) atoms. The van der Waals surface area contributed by atoms with E-state index in [1.165, 1.54) is 37.7 Å². The molecule has 0 heterocycles. The van der Waals surface area contributed by atoms with Gasteiger partial charge < -0.3 is 10.6 Å². The summed E-state index contributed by atoms with van der Waals surface area (Å²) >= 11 is 0. The summed E-state index contributed by atoms with van der Waals surface area (Å²) in [6, 6.07) is 6.90. The van der Waals surface area contributed by atoms with Crippen molar-refractivity contribution in [1.82, 2.24) is 14.9 Å². The van der Waals surface area contributed by atoms with Gasteiger partial charge in [-0.25, -0.2) is 12.7 Å². The summed E-state index contributed by atoms with van der Waals surface area (Å²) in [6.45, 7) is 3.69. The molecule has 136 valence electrons. The number of hydrogen-bond acceptors (Lipinski definition) is 3. The van der Waals surface area contributed by atoms with Gasteiger partial charge in [0.05, 0.1) is 4.90 Å². The summed E-state index contributed by atoms with van der Waals surface area (Å²) < 4.78 is 25.3. The quantitative estimate of drug-likeness (QED) is 0.405. The highest BCUT2D eigenvalue weighted by Crippen LogP contribution is 2.13. The zero-order valence-electron chi connectivity index (χ0n) is 15.2. The predicted octanol–water partition coefficient (Wildman–Crippen LogP) is 2.18. The second-order valence-electron chi connectivity index (χ2n) is 5.84. The number of sulfonamides is 1. The van der Waals surface area contributed by atoms with Crippen LogP contribution in [-0.2, 0) is 16.6 Å². The van der Waals surface area contributed by atoms with Crippen LogP contribution in [0.15, 0.2) is 34.2 Å². The Morgan fingerprint density at radius 3 is 2.29 bits per heavy atom. The molecule has 0 amide bonds. The second-order valence-corrected chi connectivity index (χ2v) is 8.00. The van der Waals surface area contributed by atoms with Gasteiger partial charge in [-0.3, -0.25) is 4.99 Å². The van der Waals surface area contributed by atoms with E-state index in [1.807, 2.05) is 12.1 Å². The highest BCUT2D eigenvalue weighted by molar-refractivity contribution is 7.89. The maximum Gasteiger partial charge on any atom is 0.242 e. The topological polar surface area (TPSA) is 73.8 Å². The van der Waals surface area contributed by atoms with Crippen molar-refractivity contribution in [2.75, 3.05) is 27.7 Å². The first kappa shape index (κ1) is 20.4. The van der Waals surface area contributed by atoms with E-state index < -0.39 is 10.0 Å². The van der Waals surface area contributed by atoms with Crippen molar-refractivity contribution in [3.63, 3.8) is 0 Å². The van der Waals surface area contributed by atoms with Crippen molar-refractivity contribution >= 4 is 16.0 Å². The van der Waals surface area contributed by atoms with Crippen molar-refractivity contribution < 1.29 is 8.42 Å². The zero-order chi connectivity index (χ0) is 18.0. The van der Waals surface area contributed by atoms with Crippen LogP contribution < -0.4 is 10.6 Å². The highest BCUT2D eigenvalue weighted by atomic mass is 32.2. The van der Waals surface area contributed by atoms with Crippen LogP contribution >= 0.6 is 0 Å². The summed E-state index contributed by atoms with van der Waals surface area (Å²) in [5, 5.41) is 6.52. The molecule has 0 aromatic heterocycles. The van der Waals surface area contributed by atoms with Gasteiger partial charge in [-0.1, -0.05) is 38.3 Å². The largest absolute Gasteiger partial charge is 0.356 e. The Bertz CT molecular complexity index is 610. The number of rotatable bonds is 9. The molecule has 0 aliphatic rings. The Hall–Kier alpha value is -1.60. The van der Waals surface area contributed by atoms with E-state index in [9.17, 15) is 8.42 Å². The smallest absolute Gasteiger partial charge is 0.242 e. The molecule has 1 aromatic rings. The molecule has 0 spiro atoms. The lowest BCUT2D eigenvalue weighted by atomic mass is 10.2. The van der Waals surface area contributed by atoms with Crippen LogP contribution in [0.4, 0.5) is 0 Å². The van der Waals surface area contributed by atoms with Crippen molar-refractivity contribution in [3.8, 4) is 0 Å². The van der Waals surface area contributed by atoms with Crippen LogP contribution in [0.5, 0.6) is 0 Å². The highest BCUT2D eigenvalue weighted by Gasteiger charge is 2.16. The SMILES string of the molecule is CCCCCCNC(=NC)NCc1ccc(S(=O)(=O)N(C)C)cc1. The Morgan fingerprint density at radius 1 is 1.08 bits per heavy atom. The van der Waals surface area contributed by atoms with Crippen molar-refractivity contribution in [3.05, 3.63) is 29.8 Å². The third kappa shape index (κ3) is 6.49. The van der Waals surface area contributed by atoms with Crippen LogP contribution in [0.25, 0.3) is 0 Å². The molecule has 0 unspecified atom stereocenters. The number of nitrogens with zero attached hydrogens (tertiary/aromatic N) is 2. The lowest BCUT2D eigenvalue weighted by molar-refractivity contribution is 0.520. The van der Waals surface area contributed by atoms with E-state index in [0.29, 0.717) is 11.4 Å². The van der Waals surface area contributed by atoms with Gasteiger partial charge in [0.25, 0.3) is 0 Å². The van der Waals surface area contributed by atoms with Gasteiger partial charge in [0.15, 0.2) is 5.96 Å². The van der Waals surface area contributed by atoms with Gasteiger partial charge in [-0.05, 0) is 24.1 Å². The molecular formula is C17H30N4O2S. The van der Waals surface area contributed by atoms with Crippen LogP contribution in [0.2, 0.25) is 0 Å². The first-order valence-corrected chi connectivity index (χ1v) is 9.81. The summed E-state index contributed by atoms with van der Waals surface area (Å²) in [5.41, 5.74) is 1.00. The first-order chi connectivity index (χ1) is 11.4. The second kappa shape index (κ2) is 10.3. The maximum atomic E-state index is 12.0. The summed E-state index contributed by atoms with van der Waals surface area (Å²) in [7, 11) is 1.43. The number of guanidine groups is 1. The number of unbranched alkanes of at least 4 members (excludes halogenated alkanes) is 3. The van der Waals surface area contributed by atoms with Crippen LogP contribution in [0, 0.1) is 0 Å². The van der Waals surface area contributed by atoms with Crippen LogP contribution in [0.3, 0.4) is 0 Å². The normalized spacial score (nSPS) is 12.5. The maximum absolute atomic E-state index is 12.0. The molecule has 0 radical (unpaired) electrons. The molecule has 7 heteroatoms. The standard InChI is InChI=1S/C17H30N4O2S/c1-5-6-7-8-13-19-17(18-2)20-14-15-9-11-16(12-10-15)24(22,23)21(3)4/h9-12H,5-8,13-14H2,1-4H3,(H2,18,19,20). The van der Waals surface area contributed by atoms with E-state index in [-0.39, 0.29) is 0 Å². The predicted molar refractivity (Wildman–Crippen MR) is 99.7 cm³/mol. The zero-order valence-corrected chi connectivity index (χ0v) is 16.0. The van der Waals surface area contributed by atoms with E-state index in [4.69, 9.17) is 0 Å². The minimum absolute atomic E-state index is 0.301. The minimum Gasteiger partial charge on any atom is -0.356 e. The Labute approximate surface area is 146 Å². The van der Waals surface area contributed by atoms with E-state index >= 15 is 0 Å². The van der Waals surface area contributed by atoms with Crippen molar-refractivity contribution in [1.29, 1.82) is 0 Å². The number of aliphatic imine (C=N–C) groups is 1. The third-order valence-corrected chi connectivity index (χ3v) is 5.54. The molecule has 1 rings (SSSR count). The van der Waals surface area contributed by atoms with Gasteiger partial charge in [0, 0.05) is 34.2 Å². The molecule has 0 bridgehead atoms. The molecule has 0 saturated carbocycles. The Morgan fingerprint density at radius 2 is 1.75 bits per heavy atom. The van der Waals surface area contributed by atoms with Crippen LogP contribution in [-0.4, -0.2) is 46.4 Å². The summed E-state index contributed by atoms with van der Waals surface area (Å²) in [6.07, 6.45) is 4.84. The molecule has 0 aliphatic heterocycles. The fraction of sp³-hybridized carbons (Fsp3) is 0.588. The first-order valence-electron chi connectivity index (χ1n) is 8.37. The molecule has 0 atom stereocenters.